The molecule has 2 N–H and O–H groups in total. The summed E-state index contributed by atoms with van der Waals surface area (Å²) in [5, 5.41) is 1.94. The summed E-state index contributed by atoms with van der Waals surface area (Å²) in [6, 6.07) is 7.42. The molecule has 0 fully saturated rings. The Labute approximate surface area is 110 Å². The van der Waals surface area contributed by atoms with Crippen molar-refractivity contribution in [3.05, 3.63) is 60.2 Å². The van der Waals surface area contributed by atoms with Crippen LogP contribution in [0, 0.1) is 6.92 Å². The van der Waals surface area contributed by atoms with E-state index in [-0.39, 0.29) is 0 Å². The fourth-order valence-electron chi connectivity index (χ4n) is 2.16. The summed E-state index contributed by atoms with van der Waals surface area (Å²) in [7, 11) is 0. The summed E-state index contributed by atoms with van der Waals surface area (Å²) in [5.74, 6) is -0.423. The number of carbonyl (C=O) groups excluding carboxylic acids is 1. The Kier molecular flexibility index (Phi) is 2.56. The van der Waals surface area contributed by atoms with Crippen molar-refractivity contribution in [3.8, 4) is 5.69 Å². The predicted octanol–water partition coefficient (Wildman–Crippen LogP) is 2.43. The molecule has 4 heteroatoms. The minimum Gasteiger partial charge on any atom is -0.366 e. The van der Waals surface area contributed by atoms with E-state index in [1.807, 2.05) is 42.1 Å². The minimum absolute atomic E-state index is 0.423. The molecule has 0 aliphatic heterocycles. The van der Waals surface area contributed by atoms with Gasteiger partial charge in [-0.2, -0.15) is 0 Å². The van der Waals surface area contributed by atoms with Crippen LogP contribution in [0.2, 0.25) is 0 Å². The first-order valence-corrected chi connectivity index (χ1v) is 5.98. The molecule has 0 spiro atoms. The van der Waals surface area contributed by atoms with Gasteiger partial charge in [0, 0.05) is 34.9 Å². The van der Waals surface area contributed by atoms with Gasteiger partial charge in [-0.3, -0.25) is 9.78 Å². The maximum atomic E-state index is 11.3. The van der Waals surface area contributed by atoms with Crippen LogP contribution in [0.4, 0.5) is 0 Å². The number of carbonyl (C=O) groups is 1. The largest absolute Gasteiger partial charge is 0.366 e. The predicted molar refractivity (Wildman–Crippen MR) is 74.3 cm³/mol. The lowest BCUT2D eigenvalue weighted by Gasteiger charge is -2.08. The second kappa shape index (κ2) is 4.24. The van der Waals surface area contributed by atoms with Gasteiger partial charge >= 0.3 is 0 Å². The number of benzene rings is 1. The van der Waals surface area contributed by atoms with Crippen molar-refractivity contribution in [2.45, 2.75) is 6.92 Å². The third-order valence-corrected chi connectivity index (χ3v) is 3.14. The average molecular weight is 251 g/mol. The normalized spacial score (nSPS) is 10.8. The number of fused-ring (bicyclic) bond motifs is 1. The van der Waals surface area contributed by atoms with E-state index in [0.29, 0.717) is 5.56 Å². The van der Waals surface area contributed by atoms with Gasteiger partial charge in [0.15, 0.2) is 0 Å². The Morgan fingerprint density at radius 1 is 1.26 bits per heavy atom. The van der Waals surface area contributed by atoms with Crippen LogP contribution in [0.25, 0.3) is 16.5 Å². The Morgan fingerprint density at radius 2 is 2.11 bits per heavy atom. The first-order chi connectivity index (χ1) is 9.15. The molecule has 2 heterocycles. The van der Waals surface area contributed by atoms with Crippen LogP contribution in [-0.2, 0) is 0 Å². The van der Waals surface area contributed by atoms with Crippen LogP contribution in [0.15, 0.2) is 49.1 Å². The third-order valence-electron chi connectivity index (χ3n) is 3.14. The molecule has 1 aromatic carbocycles. The van der Waals surface area contributed by atoms with Crippen LogP contribution in [0.5, 0.6) is 0 Å². The van der Waals surface area contributed by atoms with Crippen LogP contribution in [-0.4, -0.2) is 15.5 Å². The summed E-state index contributed by atoms with van der Waals surface area (Å²) < 4.78 is 2.00. The van der Waals surface area contributed by atoms with E-state index >= 15 is 0 Å². The number of rotatable bonds is 2. The lowest BCUT2D eigenvalue weighted by Crippen LogP contribution is -2.10. The number of nitrogens with zero attached hydrogens (tertiary/aromatic N) is 2. The number of nitrogens with two attached hydrogens (primary N) is 1. The lowest BCUT2D eigenvalue weighted by molar-refractivity contribution is 0.100. The zero-order valence-corrected chi connectivity index (χ0v) is 10.5. The number of hydrogen-bond acceptors (Lipinski definition) is 2. The summed E-state index contributed by atoms with van der Waals surface area (Å²) in [6.07, 6.45) is 7.56. The van der Waals surface area contributed by atoms with E-state index in [1.54, 1.807) is 18.5 Å². The highest BCUT2D eigenvalue weighted by atomic mass is 16.1. The van der Waals surface area contributed by atoms with E-state index in [0.717, 1.165) is 16.5 Å². The van der Waals surface area contributed by atoms with Crippen molar-refractivity contribution in [2.75, 3.05) is 0 Å². The molecular weight excluding hydrogens is 238 g/mol. The lowest BCUT2D eigenvalue weighted by atomic mass is 10.1. The molecule has 3 aromatic rings. The van der Waals surface area contributed by atoms with Crippen molar-refractivity contribution in [1.82, 2.24) is 9.55 Å². The molecule has 0 saturated heterocycles. The zero-order valence-electron chi connectivity index (χ0n) is 10.5. The zero-order chi connectivity index (χ0) is 13.4. The molecule has 94 valence electrons. The number of aromatic nitrogens is 2. The smallest absolute Gasteiger partial charge is 0.248 e. The molecular formula is C15H13N3O. The topological polar surface area (TPSA) is 60.9 Å². The van der Waals surface area contributed by atoms with Crippen LogP contribution in [0.3, 0.4) is 0 Å². The van der Waals surface area contributed by atoms with E-state index in [4.69, 9.17) is 5.73 Å². The molecule has 3 rings (SSSR count). The summed E-state index contributed by atoms with van der Waals surface area (Å²) in [4.78, 5) is 15.5. The van der Waals surface area contributed by atoms with Gasteiger partial charge in [-0.25, -0.2) is 0 Å². The maximum Gasteiger partial charge on any atom is 0.248 e. The Morgan fingerprint density at radius 3 is 2.79 bits per heavy atom. The minimum atomic E-state index is -0.423. The highest BCUT2D eigenvalue weighted by Gasteiger charge is 2.07. The number of pyridine rings is 1. The number of hydrogen-bond donors (Lipinski definition) is 1. The molecule has 1 amide bonds. The summed E-state index contributed by atoms with van der Waals surface area (Å²) in [5.41, 5.74) is 7.95. The summed E-state index contributed by atoms with van der Waals surface area (Å²) >= 11 is 0. The van der Waals surface area contributed by atoms with Crippen molar-refractivity contribution < 1.29 is 4.79 Å². The van der Waals surface area contributed by atoms with Gasteiger partial charge < -0.3 is 10.3 Å². The van der Waals surface area contributed by atoms with E-state index in [1.165, 1.54) is 5.56 Å². The third kappa shape index (κ3) is 1.97. The number of primary amides is 1. The van der Waals surface area contributed by atoms with Gasteiger partial charge in [0.2, 0.25) is 5.91 Å². The quantitative estimate of drug-likeness (QED) is 0.760. The van der Waals surface area contributed by atoms with E-state index in [9.17, 15) is 4.79 Å². The molecule has 19 heavy (non-hydrogen) atoms. The average Bonchev–Trinajstić information content (AvgIpc) is 2.84. The van der Waals surface area contributed by atoms with Gasteiger partial charge in [-0.05, 0) is 30.7 Å². The monoisotopic (exact) mass is 251 g/mol. The Balaban J connectivity index is 2.29. The van der Waals surface area contributed by atoms with E-state index < -0.39 is 5.91 Å². The van der Waals surface area contributed by atoms with Crippen molar-refractivity contribution >= 4 is 16.7 Å². The first-order valence-electron chi connectivity index (χ1n) is 5.98. The van der Waals surface area contributed by atoms with Crippen LogP contribution in [0.1, 0.15) is 15.9 Å². The summed E-state index contributed by atoms with van der Waals surface area (Å²) in [6.45, 7) is 2.03. The van der Waals surface area contributed by atoms with Gasteiger partial charge in [-0.15, -0.1) is 0 Å². The first kappa shape index (κ1) is 11.5. The van der Waals surface area contributed by atoms with Gasteiger partial charge in [0.25, 0.3) is 0 Å². The fourth-order valence-corrected chi connectivity index (χ4v) is 2.16. The van der Waals surface area contributed by atoms with E-state index in [2.05, 4.69) is 4.98 Å². The molecule has 0 unspecified atom stereocenters. The maximum absolute atomic E-state index is 11.3. The Hall–Kier alpha value is -2.62. The molecule has 0 bridgehead atoms. The van der Waals surface area contributed by atoms with Gasteiger partial charge in [0.05, 0.1) is 11.9 Å². The van der Waals surface area contributed by atoms with Crippen molar-refractivity contribution in [3.63, 3.8) is 0 Å². The molecule has 4 nitrogen and oxygen atoms in total. The number of amides is 1. The second-order valence-electron chi connectivity index (χ2n) is 4.55. The molecule has 0 aliphatic carbocycles. The van der Waals surface area contributed by atoms with Crippen molar-refractivity contribution in [1.29, 1.82) is 0 Å². The molecule has 2 aromatic heterocycles. The van der Waals surface area contributed by atoms with Gasteiger partial charge in [0.1, 0.15) is 0 Å². The molecule has 0 aliphatic rings. The SMILES string of the molecule is Cc1ccn(-c2cncc3ccc(C(N)=O)cc23)c1. The Bertz CT molecular complexity index is 774. The molecule has 0 atom stereocenters. The van der Waals surface area contributed by atoms with Gasteiger partial charge in [-0.1, -0.05) is 6.07 Å². The number of aryl methyl sites for hydroxylation is 1. The van der Waals surface area contributed by atoms with Crippen molar-refractivity contribution in [2.24, 2.45) is 5.73 Å². The second-order valence-corrected chi connectivity index (χ2v) is 4.55. The molecule has 0 saturated carbocycles. The fraction of sp³-hybridized carbons (Fsp3) is 0.0667. The van der Waals surface area contributed by atoms with Crippen LogP contribution >= 0.6 is 0 Å². The highest BCUT2D eigenvalue weighted by molar-refractivity contribution is 5.99. The highest BCUT2D eigenvalue weighted by Crippen LogP contribution is 2.23. The van der Waals surface area contributed by atoms with Crippen LogP contribution < -0.4 is 5.73 Å². The molecule has 0 radical (unpaired) electrons. The standard InChI is InChI=1S/C15H13N3O/c1-10-4-5-18(9-10)14-8-17-7-12-3-2-11(15(16)19)6-13(12)14/h2-9H,1H3,(H2,16,19).